The van der Waals surface area contributed by atoms with Crippen LogP contribution in [0.25, 0.3) is 44.8 Å². The molecule has 148 valence electrons. The first-order valence-electron chi connectivity index (χ1n) is 10.3. The van der Waals surface area contributed by atoms with Crippen LogP contribution in [-0.4, -0.2) is 4.98 Å². The van der Waals surface area contributed by atoms with Gasteiger partial charge in [-0.3, -0.25) is 0 Å². The van der Waals surface area contributed by atoms with Gasteiger partial charge in [-0.05, 0) is 69.1 Å². The summed E-state index contributed by atoms with van der Waals surface area (Å²) in [7, 11) is 0. The molecule has 0 bridgehead atoms. The van der Waals surface area contributed by atoms with E-state index in [0.717, 1.165) is 22.5 Å². The van der Waals surface area contributed by atoms with E-state index in [4.69, 9.17) is 4.98 Å². The number of rotatable bonds is 4. The molecule has 0 amide bonds. The predicted molar refractivity (Wildman–Crippen MR) is 139 cm³/mol. The smallest absolute Gasteiger partial charge is 0.0716 e. The van der Waals surface area contributed by atoms with Crippen LogP contribution < -0.4 is 0 Å². The molecule has 0 aliphatic rings. The molecule has 5 aromatic rings. The number of pyridine rings is 1. The number of benzene rings is 4. The molecular weight excluding hydrogens is 489 g/mol. The standard InChI is InChI=1S/C29H20IN/c30-27-13-7-12-25(18-27)29-20-26(19-28(31-29)24-10-5-2-6-11-24)23-16-14-22(15-17-23)21-8-3-1-4-9-21/h1-20H. The molecule has 0 radical (unpaired) electrons. The fourth-order valence-corrected chi connectivity index (χ4v) is 4.28. The zero-order chi connectivity index (χ0) is 21.0. The van der Waals surface area contributed by atoms with Gasteiger partial charge in [0.2, 0.25) is 0 Å². The Bertz CT molecular complexity index is 1310. The van der Waals surface area contributed by atoms with Gasteiger partial charge >= 0.3 is 0 Å². The Morgan fingerprint density at radius 3 is 1.48 bits per heavy atom. The number of halogens is 1. The van der Waals surface area contributed by atoms with Gasteiger partial charge in [0.15, 0.2) is 0 Å². The van der Waals surface area contributed by atoms with E-state index in [9.17, 15) is 0 Å². The number of hydrogen-bond acceptors (Lipinski definition) is 1. The SMILES string of the molecule is Ic1cccc(-c2cc(-c3ccc(-c4ccccc4)cc3)cc(-c3ccccc3)n2)c1. The highest BCUT2D eigenvalue weighted by Crippen LogP contribution is 2.32. The van der Waals surface area contributed by atoms with Gasteiger partial charge in [0.05, 0.1) is 11.4 Å². The third-order valence-corrected chi connectivity index (χ3v) is 6.01. The average Bonchev–Trinajstić information content (AvgIpc) is 2.85. The predicted octanol–water partition coefficient (Wildman–Crippen LogP) is 8.35. The lowest BCUT2D eigenvalue weighted by atomic mass is 9.97. The van der Waals surface area contributed by atoms with Gasteiger partial charge < -0.3 is 0 Å². The van der Waals surface area contributed by atoms with Crippen molar-refractivity contribution in [2.24, 2.45) is 0 Å². The zero-order valence-electron chi connectivity index (χ0n) is 16.9. The van der Waals surface area contributed by atoms with E-state index < -0.39 is 0 Å². The molecule has 0 aliphatic heterocycles. The van der Waals surface area contributed by atoms with E-state index in [1.165, 1.54) is 25.8 Å². The Balaban J connectivity index is 1.61. The van der Waals surface area contributed by atoms with E-state index in [0.29, 0.717) is 0 Å². The molecular formula is C29H20IN. The van der Waals surface area contributed by atoms with Crippen LogP contribution in [0.3, 0.4) is 0 Å². The molecule has 0 atom stereocenters. The molecule has 1 aromatic heterocycles. The summed E-state index contributed by atoms with van der Waals surface area (Å²) in [5.74, 6) is 0. The highest BCUT2D eigenvalue weighted by molar-refractivity contribution is 14.1. The van der Waals surface area contributed by atoms with Crippen molar-refractivity contribution in [1.82, 2.24) is 4.98 Å². The second-order valence-electron chi connectivity index (χ2n) is 7.45. The molecule has 31 heavy (non-hydrogen) atoms. The van der Waals surface area contributed by atoms with Gasteiger partial charge in [-0.1, -0.05) is 97.1 Å². The Morgan fingerprint density at radius 1 is 0.387 bits per heavy atom. The minimum atomic E-state index is 0.985. The third kappa shape index (κ3) is 4.44. The highest BCUT2D eigenvalue weighted by Gasteiger charge is 2.09. The summed E-state index contributed by atoms with van der Waals surface area (Å²) in [5.41, 5.74) is 9.03. The molecule has 0 spiro atoms. The first kappa shape index (κ1) is 19.7. The molecule has 1 heterocycles. The van der Waals surface area contributed by atoms with E-state index in [1.807, 2.05) is 12.1 Å². The molecule has 0 N–H and O–H groups in total. The van der Waals surface area contributed by atoms with Gasteiger partial charge in [0.1, 0.15) is 0 Å². The van der Waals surface area contributed by atoms with Crippen LogP contribution in [0.2, 0.25) is 0 Å². The Morgan fingerprint density at radius 2 is 0.871 bits per heavy atom. The van der Waals surface area contributed by atoms with Crippen LogP contribution in [0.15, 0.2) is 121 Å². The molecule has 0 unspecified atom stereocenters. The number of aromatic nitrogens is 1. The number of nitrogens with zero attached hydrogens (tertiary/aromatic N) is 1. The topological polar surface area (TPSA) is 12.9 Å². The lowest BCUT2D eigenvalue weighted by molar-refractivity contribution is 1.32. The van der Waals surface area contributed by atoms with E-state index in [2.05, 4.69) is 132 Å². The molecule has 0 aliphatic carbocycles. The van der Waals surface area contributed by atoms with Gasteiger partial charge in [0.25, 0.3) is 0 Å². The summed E-state index contributed by atoms with van der Waals surface area (Å²) in [6.07, 6.45) is 0. The fourth-order valence-electron chi connectivity index (χ4n) is 3.74. The lowest BCUT2D eigenvalue weighted by Gasteiger charge is -2.11. The molecule has 0 fully saturated rings. The van der Waals surface area contributed by atoms with Crippen LogP contribution in [0.5, 0.6) is 0 Å². The minimum Gasteiger partial charge on any atom is -0.248 e. The second-order valence-corrected chi connectivity index (χ2v) is 8.69. The van der Waals surface area contributed by atoms with Crippen LogP contribution in [-0.2, 0) is 0 Å². The van der Waals surface area contributed by atoms with E-state index in [1.54, 1.807) is 0 Å². The molecule has 0 saturated carbocycles. The quantitative estimate of drug-likeness (QED) is 0.222. The molecule has 5 rings (SSSR count). The third-order valence-electron chi connectivity index (χ3n) is 5.34. The summed E-state index contributed by atoms with van der Waals surface area (Å²) in [4.78, 5) is 5.00. The minimum absolute atomic E-state index is 0.985. The van der Waals surface area contributed by atoms with Gasteiger partial charge in [-0.2, -0.15) is 0 Å². The number of hydrogen-bond donors (Lipinski definition) is 0. The summed E-state index contributed by atoms with van der Waals surface area (Å²) >= 11 is 2.35. The first-order chi connectivity index (χ1) is 15.3. The van der Waals surface area contributed by atoms with E-state index >= 15 is 0 Å². The van der Waals surface area contributed by atoms with Crippen LogP contribution in [0.1, 0.15) is 0 Å². The summed E-state index contributed by atoms with van der Waals surface area (Å²) in [6, 6.07) is 42.5. The molecule has 0 saturated heterocycles. The second kappa shape index (κ2) is 8.86. The normalized spacial score (nSPS) is 10.7. The summed E-state index contributed by atoms with van der Waals surface area (Å²) in [6.45, 7) is 0. The summed E-state index contributed by atoms with van der Waals surface area (Å²) in [5, 5.41) is 0. The van der Waals surface area contributed by atoms with Crippen molar-refractivity contribution in [2.45, 2.75) is 0 Å². The van der Waals surface area contributed by atoms with Crippen LogP contribution in [0.4, 0.5) is 0 Å². The largest absolute Gasteiger partial charge is 0.248 e. The average molecular weight is 509 g/mol. The van der Waals surface area contributed by atoms with Gasteiger partial charge in [-0.15, -0.1) is 0 Å². The fraction of sp³-hybridized carbons (Fsp3) is 0. The van der Waals surface area contributed by atoms with Crippen molar-refractivity contribution < 1.29 is 0 Å². The van der Waals surface area contributed by atoms with Crippen molar-refractivity contribution in [3.05, 3.63) is 125 Å². The van der Waals surface area contributed by atoms with Gasteiger partial charge in [0, 0.05) is 14.7 Å². The Kier molecular flexibility index (Phi) is 5.63. The Hall–Kier alpha value is -3.24. The molecule has 2 heteroatoms. The molecule has 4 aromatic carbocycles. The first-order valence-corrected chi connectivity index (χ1v) is 11.3. The van der Waals surface area contributed by atoms with E-state index in [-0.39, 0.29) is 0 Å². The maximum atomic E-state index is 5.00. The maximum Gasteiger partial charge on any atom is 0.0716 e. The molecule has 1 nitrogen and oxygen atoms in total. The lowest BCUT2D eigenvalue weighted by Crippen LogP contribution is -1.91. The van der Waals surface area contributed by atoms with Crippen molar-refractivity contribution in [2.75, 3.05) is 0 Å². The monoisotopic (exact) mass is 509 g/mol. The van der Waals surface area contributed by atoms with Crippen LogP contribution >= 0.6 is 22.6 Å². The Labute approximate surface area is 196 Å². The van der Waals surface area contributed by atoms with Crippen LogP contribution in [0, 0.1) is 3.57 Å². The highest BCUT2D eigenvalue weighted by atomic mass is 127. The van der Waals surface area contributed by atoms with Crippen molar-refractivity contribution in [3.63, 3.8) is 0 Å². The van der Waals surface area contributed by atoms with Crippen molar-refractivity contribution in [1.29, 1.82) is 0 Å². The van der Waals surface area contributed by atoms with Gasteiger partial charge in [-0.25, -0.2) is 4.98 Å². The van der Waals surface area contributed by atoms with Crippen molar-refractivity contribution >= 4 is 22.6 Å². The maximum absolute atomic E-state index is 5.00. The zero-order valence-corrected chi connectivity index (χ0v) is 19.0. The summed E-state index contributed by atoms with van der Waals surface area (Å²) < 4.78 is 1.20. The van der Waals surface area contributed by atoms with Crippen molar-refractivity contribution in [3.8, 4) is 44.8 Å².